The van der Waals surface area contributed by atoms with Gasteiger partial charge in [-0.2, -0.15) is 0 Å². The van der Waals surface area contributed by atoms with E-state index in [1.54, 1.807) is 12.1 Å². The maximum atomic E-state index is 9.35. The highest BCUT2D eigenvalue weighted by molar-refractivity contribution is 6.59. The van der Waals surface area contributed by atoms with Crippen molar-refractivity contribution in [1.82, 2.24) is 0 Å². The van der Waals surface area contributed by atoms with Crippen LogP contribution in [0.25, 0.3) is 0 Å². The summed E-state index contributed by atoms with van der Waals surface area (Å²) in [5, 5.41) is 18.7. The van der Waals surface area contributed by atoms with Gasteiger partial charge in [0.05, 0.1) is 7.11 Å². The number of benzene rings is 2. The SMILES string of the molecule is COc1ccc(COc2ccc(C)c(C)c2)cc1B(O)O. The predicted molar refractivity (Wildman–Crippen MR) is 83.1 cm³/mol. The van der Waals surface area contributed by atoms with Gasteiger partial charge >= 0.3 is 7.12 Å². The molecule has 0 aliphatic carbocycles. The van der Waals surface area contributed by atoms with Gasteiger partial charge in [-0.3, -0.25) is 0 Å². The van der Waals surface area contributed by atoms with Crippen molar-refractivity contribution in [2.24, 2.45) is 0 Å². The number of hydrogen-bond donors (Lipinski definition) is 2. The van der Waals surface area contributed by atoms with Crippen molar-refractivity contribution in [3.8, 4) is 11.5 Å². The molecule has 0 atom stereocenters. The Morgan fingerprint density at radius 1 is 1.00 bits per heavy atom. The normalized spacial score (nSPS) is 10.3. The number of ether oxygens (including phenoxy) is 2. The molecule has 2 rings (SSSR count). The Morgan fingerprint density at radius 3 is 2.38 bits per heavy atom. The molecule has 0 saturated heterocycles. The summed E-state index contributed by atoms with van der Waals surface area (Å²) in [4.78, 5) is 0. The number of hydrogen-bond acceptors (Lipinski definition) is 4. The molecule has 0 radical (unpaired) electrons. The van der Waals surface area contributed by atoms with Gasteiger partial charge < -0.3 is 19.5 Å². The summed E-state index contributed by atoms with van der Waals surface area (Å²) in [5.74, 6) is 1.24. The third-order valence-corrected chi connectivity index (χ3v) is 3.46. The second-order valence-electron chi connectivity index (χ2n) is 4.98. The van der Waals surface area contributed by atoms with Gasteiger partial charge in [0.15, 0.2) is 0 Å². The molecule has 4 nitrogen and oxygen atoms in total. The molecule has 0 saturated carbocycles. The average Bonchev–Trinajstić information content (AvgIpc) is 2.48. The highest BCUT2D eigenvalue weighted by Crippen LogP contribution is 2.18. The predicted octanol–water partition coefficient (Wildman–Crippen LogP) is 1.57. The average molecular weight is 286 g/mol. The van der Waals surface area contributed by atoms with Crippen molar-refractivity contribution < 1.29 is 19.5 Å². The first-order valence-electron chi connectivity index (χ1n) is 6.74. The molecule has 0 aliphatic heterocycles. The Labute approximate surface area is 125 Å². The van der Waals surface area contributed by atoms with Crippen LogP contribution in [0.5, 0.6) is 11.5 Å². The minimum absolute atomic E-state index is 0.332. The van der Waals surface area contributed by atoms with Gasteiger partial charge in [0.25, 0.3) is 0 Å². The summed E-state index contributed by atoms with van der Waals surface area (Å²) in [6.45, 7) is 4.44. The van der Waals surface area contributed by atoms with Gasteiger partial charge in [0.1, 0.15) is 18.1 Å². The highest BCUT2D eigenvalue weighted by atomic mass is 16.5. The molecule has 0 aromatic heterocycles. The molecule has 0 fully saturated rings. The smallest absolute Gasteiger partial charge is 0.492 e. The van der Waals surface area contributed by atoms with Crippen LogP contribution in [-0.4, -0.2) is 24.3 Å². The molecule has 2 N–H and O–H groups in total. The molecular weight excluding hydrogens is 267 g/mol. The molecule has 0 unspecified atom stereocenters. The van der Waals surface area contributed by atoms with Crippen LogP contribution in [0.2, 0.25) is 0 Å². The lowest BCUT2D eigenvalue weighted by atomic mass is 9.79. The van der Waals surface area contributed by atoms with E-state index in [9.17, 15) is 10.0 Å². The largest absolute Gasteiger partial charge is 0.497 e. The van der Waals surface area contributed by atoms with Crippen molar-refractivity contribution in [3.05, 3.63) is 53.1 Å². The lowest BCUT2D eigenvalue weighted by Crippen LogP contribution is -2.31. The molecular formula is C16H19BO4. The van der Waals surface area contributed by atoms with E-state index in [4.69, 9.17) is 9.47 Å². The van der Waals surface area contributed by atoms with Crippen LogP contribution >= 0.6 is 0 Å². The van der Waals surface area contributed by atoms with Crippen LogP contribution in [0.15, 0.2) is 36.4 Å². The van der Waals surface area contributed by atoms with E-state index in [1.807, 2.05) is 31.2 Å². The topological polar surface area (TPSA) is 58.9 Å². The number of aryl methyl sites for hydroxylation is 2. The van der Waals surface area contributed by atoms with Gasteiger partial charge in [-0.1, -0.05) is 18.2 Å². The van der Waals surface area contributed by atoms with Crippen LogP contribution in [-0.2, 0) is 6.61 Å². The second kappa shape index (κ2) is 6.65. The van der Waals surface area contributed by atoms with E-state index >= 15 is 0 Å². The Morgan fingerprint density at radius 2 is 1.76 bits per heavy atom. The van der Waals surface area contributed by atoms with Gasteiger partial charge in [-0.25, -0.2) is 0 Å². The minimum atomic E-state index is -1.57. The fraction of sp³-hybridized carbons (Fsp3) is 0.250. The Balaban J connectivity index is 2.12. The van der Waals surface area contributed by atoms with E-state index in [2.05, 4.69) is 6.92 Å². The third-order valence-electron chi connectivity index (χ3n) is 3.46. The van der Waals surface area contributed by atoms with E-state index < -0.39 is 7.12 Å². The van der Waals surface area contributed by atoms with E-state index in [0.717, 1.165) is 11.3 Å². The molecule has 21 heavy (non-hydrogen) atoms. The molecule has 5 heteroatoms. The maximum absolute atomic E-state index is 9.35. The molecule has 0 aliphatic rings. The van der Waals surface area contributed by atoms with Gasteiger partial charge in [-0.05, 0) is 48.7 Å². The Hall–Kier alpha value is -1.98. The van der Waals surface area contributed by atoms with E-state index in [1.165, 1.54) is 18.2 Å². The second-order valence-corrected chi connectivity index (χ2v) is 4.98. The molecule has 2 aromatic carbocycles. The minimum Gasteiger partial charge on any atom is -0.497 e. The molecule has 2 aromatic rings. The summed E-state index contributed by atoms with van der Waals surface area (Å²) in [5.41, 5.74) is 3.57. The van der Waals surface area contributed by atoms with Gasteiger partial charge in [0.2, 0.25) is 0 Å². The first-order valence-corrected chi connectivity index (χ1v) is 6.74. The van der Waals surface area contributed by atoms with Gasteiger partial charge in [-0.15, -0.1) is 0 Å². The van der Waals surface area contributed by atoms with Crippen LogP contribution in [0.3, 0.4) is 0 Å². The van der Waals surface area contributed by atoms with Crippen LogP contribution in [0.1, 0.15) is 16.7 Å². The quantitative estimate of drug-likeness (QED) is 0.819. The van der Waals surface area contributed by atoms with Crippen molar-refractivity contribution in [2.45, 2.75) is 20.5 Å². The van der Waals surface area contributed by atoms with Gasteiger partial charge in [0, 0.05) is 5.46 Å². The van der Waals surface area contributed by atoms with E-state index in [-0.39, 0.29) is 0 Å². The monoisotopic (exact) mass is 286 g/mol. The zero-order valence-corrected chi connectivity index (χ0v) is 12.5. The molecule has 0 heterocycles. The molecule has 0 amide bonds. The lowest BCUT2D eigenvalue weighted by molar-refractivity contribution is 0.305. The Kier molecular flexibility index (Phi) is 4.88. The first-order chi connectivity index (χ1) is 10.0. The molecule has 110 valence electrons. The van der Waals surface area contributed by atoms with Crippen molar-refractivity contribution in [2.75, 3.05) is 7.11 Å². The summed E-state index contributed by atoms with van der Waals surface area (Å²) in [6, 6.07) is 11.1. The first kappa shape index (κ1) is 15.4. The van der Waals surface area contributed by atoms with Crippen molar-refractivity contribution in [1.29, 1.82) is 0 Å². The summed E-state index contributed by atoms with van der Waals surface area (Å²) in [6.07, 6.45) is 0. The summed E-state index contributed by atoms with van der Waals surface area (Å²) in [7, 11) is -0.0755. The zero-order chi connectivity index (χ0) is 15.4. The third kappa shape index (κ3) is 3.77. The van der Waals surface area contributed by atoms with Crippen LogP contribution in [0.4, 0.5) is 0 Å². The molecule has 0 spiro atoms. The Bertz CT molecular complexity index is 626. The van der Waals surface area contributed by atoms with Crippen molar-refractivity contribution in [3.63, 3.8) is 0 Å². The number of rotatable bonds is 5. The standard InChI is InChI=1S/C16H19BO4/c1-11-4-6-14(8-12(11)2)21-10-13-5-7-16(20-3)15(9-13)17(18)19/h4-9,18-19H,10H2,1-3H3. The van der Waals surface area contributed by atoms with Crippen molar-refractivity contribution >= 4 is 12.6 Å². The molecule has 0 bridgehead atoms. The van der Waals surface area contributed by atoms with E-state index in [0.29, 0.717) is 17.8 Å². The maximum Gasteiger partial charge on any atom is 0.492 e. The summed E-state index contributed by atoms with van der Waals surface area (Å²) >= 11 is 0. The van der Waals surface area contributed by atoms with Crippen LogP contribution in [0, 0.1) is 13.8 Å². The number of methoxy groups -OCH3 is 1. The highest BCUT2D eigenvalue weighted by Gasteiger charge is 2.17. The fourth-order valence-corrected chi connectivity index (χ4v) is 2.05. The lowest BCUT2D eigenvalue weighted by Gasteiger charge is -2.12. The fourth-order valence-electron chi connectivity index (χ4n) is 2.05. The zero-order valence-electron chi connectivity index (χ0n) is 12.5. The van der Waals surface area contributed by atoms with Crippen LogP contribution < -0.4 is 14.9 Å². The summed E-state index contributed by atoms with van der Waals surface area (Å²) < 4.78 is 10.8.